The Kier molecular flexibility index (Phi) is 8.18. The summed E-state index contributed by atoms with van der Waals surface area (Å²) in [6.45, 7) is 4.17. The molecule has 0 atom stereocenters. The van der Waals surface area contributed by atoms with Gasteiger partial charge >= 0.3 is 0 Å². The lowest BCUT2D eigenvalue weighted by atomic mass is 9.90. The minimum absolute atomic E-state index is 0. The van der Waals surface area contributed by atoms with Crippen LogP contribution >= 0.6 is 24.8 Å². The van der Waals surface area contributed by atoms with E-state index in [-0.39, 0.29) is 30.7 Å². The van der Waals surface area contributed by atoms with Gasteiger partial charge in [0.25, 0.3) is 0 Å². The van der Waals surface area contributed by atoms with Crippen molar-refractivity contribution in [2.75, 3.05) is 49.7 Å². The third kappa shape index (κ3) is 4.94. The van der Waals surface area contributed by atoms with Gasteiger partial charge in [0, 0.05) is 26.3 Å². The van der Waals surface area contributed by atoms with Crippen molar-refractivity contribution >= 4 is 42.2 Å². The summed E-state index contributed by atoms with van der Waals surface area (Å²) < 4.78 is 10.6. The highest BCUT2D eigenvalue weighted by atomic mass is 35.5. The summed E-state index contributed by atoms with van der Waals surface area (Å²) in [7, 11) is 0. The number of hydrogen-bond acceptors (Lipinski definition) is 6. The van der Waals surface area contributed by atoms with Gasteiger partial charge in [0.2, 0.25) is 5.91 Å². The van der Waals surface area contributed by atoms with Gasteiger partial charge in [-0.2, -0.15) is 0 Å². The number of rotatable bonds is 3. The number of hydrogen-bond donors (Lipinski definition) is 2. The maximum atomic E-state index is 12.3. The molecule has 1 amide bonds. The minimum Gasteiger partial charge on any atom is -0.381 e. The minimum atomic E-state index is -0.846. The van der Waals surface area contributed by atoms with Crippen molar-refractivity contribution in [1.82, 2.24) is 4.98 Å². The molecule has 0 unspecified atom stereocenters. The second kappa shape index (κ2) is 9.39. The topological polar surface area (TPSA) is 89.7 Å². The summed E-state index contributed by atoms with van der Waals surface area (Å²) in [5, 5.41) is 2.86. The molecule has 3 N–H and O–H groups in total. The molecule has 0 aromatic carbocycles. The van der Waals surface area contributed by atoms with Crippen LogP contribution in [-0.4, -0.2) is 55.9 Å². The molecule has 2 aliphatic rings. The van der Waals surface area contributed by atoms with Gasteiger partial charge in [0.05, 0.1) is 25.1 Å². The van der Waals surface area contributed by atoms with Crippen molar-refractivity contribution in [3.05, 3.63) is 18.3 Å². The highest BCUT2D eigenvalue weighted by Crippen LogP contribution is 2.21. The second-order valence-electron chi connectivity index (χ2n) is 5.73. The van der Waals surface area contributed by atoms with Crippen LogP contribution in [0, 0.1) is 0 Å². The Labute approximate surface area is 154 Å². The maximum absolute atomic E-state index is 12.3. The number of halogens is 2. The average molecular weight is 379 g/mol. The molecule has 0 aliphatic carbocycles. The molecule has 2 aliphatic heterocycles. The average Bonchev–Trinajstić information content (AvgIpc) is 2.57. The number of morpholine rings is 1. The lowest BCUT2D eigenvalue weighted by Crippen LogP contribution is -2.54. The highest BCUT2D eigenvalue weighted by molar-refractivity contribution is 5.98. The SMILES string of the molecule is Cl.Cl.NC1(C(=O)Nc2ccc(N3CCOCC3)nc2)CCOCC1. The summed E-state index contributed by atoms with van der Waals surface area (Å²) in [4.78, 5) is 18.9. The molecule has 3 heterocycles. The number of pyridine rings is 1. The zero-order valence-electron chi connectivity index (χ0n) is 13.4. The van der Waals surface area contributed by atoms with Gasteiger partial charge in [-0.15, -0.1) is 24.8 Å². The Balaban J connectivity index is 0.00000144. The molecule has 0 radical (unpaired) electrons. The predicted molar refractivity (Wildman–Crippen MR) is 97.4 cm³/mol. The first-order valence-corrected chi connectivity index (χ1v) is 7.64. The van der Waals surface area contributed by atoms with Gasteiger partial charge in [-0.05, 0) is 25.0 Å². The van der Waals surface area contributed by atoms with E-state index in [0.29, 0.717) is 31.7 Å². The number of carbonyl (C=O) groups is 1. The van der Waals surface area contributed by atoms with Crippen molar-refractivity contribution in [2.24, 2.45) is 5.73 Å². The van der Waals surface area contributed by atoms with Gasteiger partial charge in [-0.25, -0.2) is 4.98 Å². The van der Waals surface area contributed by atoms with Crippen molar-refractivity contribution < 1.29 is 14.3 Å². The zero-order chi connectivity index (χ0) is 15.4. The third-order valence-corrected chi connectivity index (χ3v) is 4.18. The van der Waals surface area contributed by atoms with Gasteiger partial charge < -0.3 is 25.4 Å². The number of carbonyl (C=O) groups excluding carboxylic acids is 1. The number of ether oxygens (including phenoxy) is 2. The molecule has 2 saturated heterocycles. The Bertz CT molecular complexity index is 518. The smallest absolute Gasteiger partial charge is 0.244 e. The summed E-state index contributed by atoms with van der Waals surface area (Å²) in [5.41, 5.74) is 5.98. The first-order valence-electron chi connectivity index (χ1n) is 7.64. The predicted octanol–water partition coefficient (Wildman–Crippen LogP) is 1.21. The van der Waals surface area contributed by atoms with Crippen LogP contribution in [0.3, 0.4) is 0 Å². The Morgan fingerprint density at radius 1 is 1.12 bits per heavy atom. The zero-order valence-corrected chi connectivity index (χ0v) is 15.0. The van der Waals surface area contributed by atoms with E-state index in [4.69, 9.17) is 15.2 Å². The molecular formula is C15H24Cl2N4O3. The second-order valence-corrected chi connectivity index (χ2v) is 5.73. The Hall–Kier alpha value is -1.12. The van der Waals surface area contributed by atoms with E-state index in [1.165, 1.54) is 0 Å². The van der Waals surface area contributed by atoms with Crippen LogP contribution in [0.2, 0.25) is 0 Å². The van der Waals surface area contributed by atoms with Crippen LogP contribution in [0.25, 0.3) is 0 Å². The fraction of sp³-hybridized carbons (Fsp3) is 0.600. The number of aromatic nitrogens is 1. The molecule has 0 spiro atoms. The van der Waals surface area contributed by atoms with E-state index >= 15 is 0 Å². The number of amides is 1. The summed E-state index contributed by atoms with van der Waals surface area (Å²) >= 11 is 0. The van der Waals surface area contributed by atoms with E-state index < -0.39 is 5.54 Å². The quantitative estimate of drug-likeness (QED) is 0.821. The van der Waals surface area contributed by atoms with Crippen LogP contribution < -0.4 is 16.0 Å². The molecule has 24 heavy (non-hydrogen) atoms. The van der Waals surface area contributed by atoms with Crippen molar-refractivity contribution in [1.29, 1.82) is 0 Å². The number of nitrogens with one attached hydrogen (secondary N) is 1. The molecule has 2 fully saturated rings. The van der Waals surface area contributed by atoms with Gasteiger partial charge in [0.15, 0.2) is 0 Å². The van der Waals surface area contributed by atoms with E-state index in [1.807, 2.05) is 12.1 Å². The molecule has 1 aromatic rings. The number of anilines is 2. The van der Waals surface area contributed by atoms with Crippen molar-refractivity contribution in [2.45, 2.75) is 18.4 Å². The Morgan fingerprint density at radius 2 is 1.75 bits per heavy atom. The molecule has 136 valence electrons. The maximum Gasteiger partial charge on any atom is 0.244 e. The van der Waals surface area contributed by atoms with E-state index in [1.54, 1.807) is 6.20 Å². The fourth-order valence-electron chi connectivity index (χ4n) is 2.66. The van der Waals surface area contributed by atoms with Crippen LogP contribution in [0.15, 0.2) is 18.3 Å². The summed E-state index contributed by atoms with van der Waals surface area (Å²) in [6, 6.07) is 3.77. The van der Waals surface area contributed by atoms with Gasteiger partial charge in [0.1, 0.15) is 11.4 Å². The Morgan fingerprint density at radius 3 is 2.33 bits per heavy atom. The molecule has 0 saturated carbocycles. The van der Waals surface area contributed by atoms with Gasteiger partial charge in [-0.3, -0.25) is 4.79 Å². The van der Waals surface area contributed by atoms with E-state index in [9.17, 15) is 4.79 Å². The van der Waals surface area contributed by atoms with E-state index in [0.717, 1.165) is 32.1 Å². The normalized spacial score (nSPS) is 19.6. The molecule has 1 aromatic heterocycles. The van der Waals surface area contributed by atoms with Crippen molar-refractivity contribution in [3.8, 4) is 0 Å². The molecule has 7 nitrogen and oxygen atoms in total. The van der Waals surface area contributed by atoms with Crippen LogP contribution in [0.4, 0.5) is 11.5 Å². The first kappa shape index (κ1) is 20.9. The van der Waals surface area contributed by atoms with Crippen LogP contribution in [-0.2, 0) is 14.3 Å². The highest BCUT2D eigenvalue weighted by Gasteiger charge is 2.35. The lowest BCUT2D eigenvalue weighted by Gasteiger charge is -2.31. The molecular weight excluding hydrogens is 355 g/mol. The molecule has 9 heteroatoms. The standard InChI is InChI=1S/C15H22N4O3.2ClH/c16-15(3-7-21-8-4-15)14(20)18-12-1-2-13(17-11-12)19-5-9-22-10-6-19;;/h1-2,11H,3-10,16H2,(H,18,20);2*1H. The van der Waals surface area contributed by atoms with Gasteiger partial charge in [-0.1, -0.05) is 0 Å². The number of nitrogens with zero attached hydrogens (tertiary/aromatic N) is 2. The number of nitrogens with two attached hydrogens (primary N) is 1. The third-order valence-electron chi connectivity index (χ3n) is 4.18. The fourth-order valence-corrected chi connectivity index (χ4v) is 2.66. The largest absolute Gasteiger partial charge is 0.381 e. The van der Waals surface area contributed by atoms with E-state index in [2.05, 4.69) is 15.2 Å². The molecule has 0 bridgehead atoms. The van der Waals surface area contributed by atoms with Crippen LogP contribution in [0.5, 0.6) is 0 Å². The monoisotopic (exact) mass is 378 g/mol. The summed E-state index contributed by atoms with van der Waals surface area (Å²) in [6.07, 6.45) is 2.75. The first-order chi connectivity index (χ1) is 10.7. The molecule has 3 rings (SSSR count). The summed E-state index contributed by atoms with van der Waals surface area (Å²) in [5.74, 6) is 0.728. The van der Waals surface area contributed by atoms with Crippen LogP contribution in [0.1, 0.15) is 12.8 Å². The lowest BCUT2D eigenvalue weighted by molar-refractivity contribution is -0.124. The van der Waals surface area contributed by atoms with Crippen molar-refractivity contribution in [3.63, 3.8) is 0 Å².